The first-order valence-electron chi connectivity index (χ1n) is 3.51. The second-order valence-corrected chi connectivity index (χ2v) is 2.93. The van der Waals surface area contributed by atoms with Gasteiger partial charge in [-0.25, -0.2) is 0 Å². The fourth-order valence-electron chi connectivity index (χ4n) is 1.47. The van der Waals surface area contributed by atoms with Gasteiger partial charge in [0.15, 0.2) is 0 Å². The minimum atomic E-state index is 0.514. The highest BCUT2D eigenvalue weighted by atomic mass is 14.7. The van der Waals surface area contributed by atoms with E-state index >= 15 is 0 Å². The summed E-state index contributed by atoms with van der Waals surface area (Å²) in [6.45, 7) is 4.50. The molecule has 0 aromatic heterocycles. The van der Waals surface area contributed by atoms with Crippen LogP contribution in [0.2, 0.25) is 0 Å². The average molecular weight is 113 g/mol. The summed E-state index contributed by atoms with van der Waals surface area (Å²) in [6.07, 6.45) is 2.58. The average Bonchev–Trinajstić information content (AvgIpc) is 1.81. The van der Waals surface area contributed by atoms with Crippen LogP contribution in [0.15, 0.2) is 0 Å². The van der Waals surface area contributed by atoms with Crippen molar-refractivity contribution in [3.05, 3.63) is 0 Å². The third kappa shape index (κ3) is 0.752. The van der Waals surface area contributed by atoms with Gasteiger partial charge in [-0.3, -0.25) is 0 Å². The maximum Gasteiger partial charge on any atom is 0.00699 e. The van der Waals surface area contributed by atoms with Crippen LogP contribution in [0.1, 0.15) is 26.7 Å². The Balaban J connectivity index is 2.25. The van der Waals surface area contributed by atoms with Crippen molar-refractivity contribution in [2.75, 3.05) is 0 Å². The first-order valence-corrected chi connectivity index (χ1v) is 3.51. The van der Waals surface area contributed by atoms with Gasteiger partial charge in [-0.15, -0.1) is 0 Å². The molecule has 1 aliphatic carbocycles. The van der Waals surface area contributed by atoms with Crippen LogP contribution in [0, 0.1) is 11.8 Å². The van der Waals surface area contributed by atoms with Crippen LogP contribution in [0.5, 0.6) is 0 Å². The Morgan fingerprint density at radius 3 is 2.38 bits per heavy atom. The van der Waals surface area contributed by atoms with Gasteiger partial charge in [0.25, 0.3) is 0 Å². The van der Waals surface area contributed by atoms with Gasteiger partial charge in [0.2, 0.25) is 0 Å². The Morgan fingerprint density at radius 1 is 1.62 bits per heavy atom. The fraction of sp³-hybridized carbons (Fsp3) is 1.00. The quantitative estimate of drug-likeness (QED) is 0.546. The van der Waals surface area contributed by atoms with Gasteiger partial charge in [0.1, 0.15) is 0 Å². The zero-order chi connectivity index (χ0) is 6.15. The minimum absolute atomic E-state index is 0.514. The van der Waals surface area contributed by atoms with Gasteiger partial charge < -0.3 is 5.73 Å². The fourth-order valence-corrected chi connectivity index (χ4v) is 1.47. The first-order chi connectivity index (χ1) is 3.75. The van der Waals surface area contributed by atoms with Crippen LogP contribution in [-0.4, -0.2) is 6.04 Å². The molecule has 1 saturated carbocycles. The highest BCUT2D eigenvalue weighted by Crippen LogP contribution is 2.34. The molecule has 1 nitrogen and oxygen atoms in total. The molecule has 0 heterocycles. The highest BCUT2D eigenvalue weighted by Gasteiger charge is 2.32. The molecule has 3 unspecified atom stereocenters. The molecule has 0 aromatic carbocycles. The van der Waals surface area contributed by atoms with Gasteiger partial charge in [-0.2, -0.15) is 0 Å². The molecule has 1 fully saturated rings. The Hall–Kier alpha value is -0.0400. The Morgan fingerprint density at radius 2 is 2.25 bits per heavy atom. The van der Waals surface area contributed by atoms with E-state index in [1.54, 1.807) is 0 Å². The first kappa shape index (κ1) is 6.09. The van der Waals surface area contributed by atoms with Crippen molar-refractivity contribution in [3.63, 3.8) is 0 Å². The molecule has 2 N–H and O–H groups in total. The van der Waals surface area contributed by atoms with E-state index < -0.39 is 0 Å². The third-order valence-corrected chi connectivity index (χ3v) is 2.52. The molecule has 8 heavy (non-hydrogen) atoms. The summed E-state index contributed by atoms with van der Waals surface area (Å²) in [6, 6.07) is 0.514. The van der Waals surface area contributed by atoms with Gasteiger partial charge in [-0.1, -0.05) is 20.3 Å². The van der Waals surface area contributed by atoms with Crippen molar-refractivity contribution in [3.8, 4) is 0 Å². The molecule has 1 aliphatic rings. The number of hydrogen-bond acceptors (Lipinski definition) is 1. The van der Waals surface area contributed by atoms with Crippen molar-refractivity contribution in [1.82, 2.24) is 0 Å². The normalized spacial score (nSPS) is 46.1. The lowest BCUT2D eigenvalue weighted by molar-refractivity contribution is 0.149. The lowest BCUT2D eigenvalue weighted by Gasteiger charge is -2.39. The van der Waals surface area contributed by atoms with E-state index in [-0.39, 0.29) is 0 Å². The van der Waals surface area contributed by atoms with Crippen molar-refractivity contribution in [1.29, 1.82) is 0 Å². The summed E-state index contributed by atoms with van der Waals surface area (Å²) in [7, 11) is 0. The van der Waals surface area contributed by atoms with Crippen molar-refractivity contribution in [2.24, 2.45) is 17.6 Å². The lowest BCUT2D eigenvalue weighted by Crippen LogP contribution is -2.45. The third-order valence-electron chi connectivity index (χ3n) is 2.52. The SMILES string of the molecule is CCC1CC(N)C1C. The predicted octanol–water partition coefficient (Wildman–Crippen LogP) is 1.38. The summed E-state index contributed by atoms with van der Waals surface area (Å²) in [5.74, 6) is 1.73. The molecule has 3 atom stereocenters. The molecule has 48 valence electrons. The number of nitrogens with two attached hydrogens (primary N) is 1. The number of rotatable bonds is 1. The molecule has 0 bridgehead atoms. The summed E-state index contributed by atoms with van der Waals surface area (Å²) < 4.78 is 0. The molecule has 1 heteroatoms. The molecule has 0 saturated heterocycles. The summed E-state index contributed by atoms with van der Waals surface area (Å²) in [5.41, 5.74) is 5.69. The summed E-state index contributed by atoms with van der Waals surface area (Å²) in [4.78, 5) is 0. The largest absolute Gasteiger partial charge is 0.327 e. The second kappa shape index (κ2) is 2.06. The maximum atomic E-state index is 5.69. The van der Waals surface area contributed by atoms with Gasteiger partial charge in [0, 0.05) is 6.04 Å². The maximum absolute atomic E-state index is 5.69. The molecular formula is C7H15N. The smallest absolute Gasteiger partial charge is 0.00699 e. The van der Waals surface area contributed by atoms with Crippen molar-refractivity contribution >= 4 is 0 Å². The summed E-state index contributed by atoms with van der Waals surface area (Å²) in [5, 5.41) is 0. The zero-order valence-electron chi connectivity index (χ0n) is 5.72. The van der Waals surface area contributed by atoms with Crippen molar-refractivity contribution < 1.29 is 0 Å². The molecule has 0 aromatic rings. The number of hydrogen-bond donors (Lipinski definition) is 1. The van der Waals surface area contributed by atoms with Gasteiger partial charge >= 0.3 is 0 Å². The minimum Gasteiger partial charge on any atom is -0.327 e. The summed E-state index contributed by atoms with van der Waals surface area (Å²) >= 11 is 0. The van der Waals surface area contributed by atoms with Crippen molar-refractivity contribution in [2.45, 2.75) is 32.7 Å². The lowest BCUT2D eigenvalue weighted by atomic mass is 9.70. The Bertz CT molecular complexity index is 80.5. The molecule has 0 radical (unpaired) electrons. The predicted molar refractivity (Wildman–Crippen MR) is 35.5 cm³/mol. The van der Waals surface area contributed by atoms with Crippen LogP contribution in [0.25, 0.3) is 0 Å². The van der Waals surface area contributed by atoms with Crippen LogP contribution in [-0.2, 0) is 0 Å². The molecular weight excluding hydrogens is 98.1 g/mol. The zero-order valence-corrected chi connectivity index (χ0v) is 5.72. The van der Waals surface area contributed by atoms with Crippen LogP contribution >= 0.6 is 0 Å². The van der Waals surface area contributed by atoms with E-state index in [1.807, 2.05) is 0 Å². The Labute approximate surface area is 51.3 Å². The van der Waals surface area contributed by atoms with Crippen LogP contribution in [0.3, 0.4) is 0 Å². The van der Waals surface area contributed by atoms with Gasteiger partial charge in [-0.05, 0) is 18.3 Å². The van der Waals surface area contributed by atoms with E-state index in [1.165, 1.54) is 12.8 Å². The van der Waals surface area contributed by atoms with E-state index in [4.69, 9.17) is 5.73 Å². The monoisotopic (exact) mass is 113 g/mol. The topological polar surface area (TPSA) is 26.0 Å². The Kier molecular flexibility index (Phi) is 1.57. The molecule has 0 aliphatic heterocycles. The van der Waals surface area contributed by atoms with Crippen LogP contribution < -0.4 is 5.73 Å². The standard InChI is InChI=1S/C7H15N/c1-3-6-4-7(8)5(6)2/h5-7H,3-4,8H2,1-2H3. The molecule has 1 rings (SSSR count). The highest BCUT2D eigenvalue weighted by molar-refractivity contribution is 4.87. The van der Waals surface area contributed by atoms with Crippen LogP contribution in [0.4, 0.5) is 0 Å². The van der Waals surface area contributed by atoms with E-state index in [0.717, 1.165) is 11.8 Å². The van der Waals surface area contributed by atoms with E-state index in [9.17, 15) is 0 Å². The molecule has 0 amide bonds. The van der Waals surface area contributed by atoms with E-state index in [2.05, 4.69) is 13.8 Å². The molecule has 0 spiro atoms. The van der Waals surface area contributed by atoms with Gasteiger partial charge in [0.05, 0.1) is 0 Å². The second-order valence-electron chi connectivity index (χ2n) is 2.93. The van der Waals surface area contributed by atoms with E-state index in [0.29, 0.717) is 6.04 Å².